The predicted molar refractivity (Wildman–Crippen MR) is 73.3 cm³/mol. The normalized spacial score (nSPS) is 14.0. The number of carbonyl (C=O) groups is 1. The van der Waals surface area contributed by atoms with Gasteiger partial charge in [-0.25, -0.2) is 0 Å². The van der Waals surface area contributed by atoms with E-state index in [1.807, 2.05) is 0 Å². The number of aryl methyl sites for hydroxylation is 2. The van der Waals surface area contributed by atoms with Gasteiger partial charge in [0.05, 0.1) is 7.11 Å². The number of esters is 1. The molecule has 3 nitrogen and oxygen atoms in total. The van der Waals surface area contributed by atoms with Gasteiger partial charge in [-0.05, 0) is 43.2 Å². The Labute approximate surface area is 109 Å². The average Bonchev–Trinajstić information content (AvgIpc) is 2.36. The van der Waals surface area contributed by atoms with Crippen molar-refractivity contribution in [2.75, 3.05) is 7.11 Å². The second kappa shape index (κ2) is 7.17. The molecule has 0 saturated heterocycles. The van der Waals surface area contributed by atoms with Crippen LogP contribution in [0, 0.1) is 12.8 Å². The Balaban J connectivity index is 2.40. The summed E-state index contributed by atoms with van der Waals surface area (Å²) in [6.45, 7) is 4.25. The van der Waals surface area contributed by atoms with Crippen molar-refractivity contribution in [1.29, 1.82) is 0 Å². The molecule has 1 rings (SSSR count). The molecule has 0 radical (unpaired) electrons. The van der Waals surface area contributed by atoms with Crippen LogP contribution in [-0.2, 0) is 16.0 Å². The molecular formula is C15H23NO2. The molecule has 0 saturated carbocycles. The summed E-state index contributed by atoms with van der Waals surface area (Å²) in [6.07, 6.45) is 2.75. The molecule has 2 atom stereocenters. The van der Waals surface area contributed by atoms with E-state index in [0.29, 0.717) is 12.3 Å². The molecule has 2 unspecified atom stereocenters. The molecule has 0 amide bonds. The zero-order chi connectivity index (χ0) is 13.5. The minimum atomic E-state index is -0.498. The van der Waals surface area contributed by atoms with Crippen LogP contribution in [0.25, 0.3) is 0 Å². The molecule has 0 aliphatic carbocycles. The third-order valence-corrected chi connectivity index (χ3v) is 3.33. The second-order valence-corrected chi connectivity index (χ2v) is 4.94. The Bertz CT molecular complexity index is 390. The Kier molecular flexibility index (Phi) is 5.86. The van der Waals surface area contributed by atoms with Crippen molar-refractivity contribution in [3.8, 4) is 0 Å². The van der Waals surface area contributed by atoms with E-state index >= 15 is 0 Å². The molecule has 1 aromatic rings. The lowest BCUT2D eigenvalue weighted by atomic mass is 9.93. The van der Waals surface area contributed by atoms with E-state index in [2.05, 4.69) is 42.8 Å². The lowest BCUT2D eigenvalue weighted by Gasteiger charge is -2.16. The highest BCUT2D eigenvalue weighted by Gasteiger charge is 2.17. The molecule has 2 N–H and O–H groups in total. The predicted octanol–water partition coefficient (Wildman–Crippen LogP) is 2.45. The number of methoxy groups -OCH3 is 1. The van der Waals surface area contributed by atoms with E-state index in [-0.39, 0.29) is 5.97 Å². The number of carbonyl (C=O) groups excluding carboxylic acids is 1. The van der Waals surface area contributed by atoms with E-state index in [9.17, 15) is 4.79 Å². The van der Waals surface area contributed by atoms with Gasteiger partial charge < -0.3 is 10.5 Å². The van der Waals surface area contributed by atoms with Gasteiger partial charge in [0.15, 0.2) is 0 Å². The summed E-state index contributed by atoms with van der Waals surface area (Å²) in [7, 11) is 1.38. The maximum absolute atomic E-state index is 11.2. The molecule has 0 aliphatic heterocycles. The van der Waals surface area contributed by atoms with Crippen LogP contribution in [0.4, 0.5) is 0 Å². The topological polar surface area (TPSA) is 52.3 Å². The molecule has 0 aliphatic rings. The average molecular weight is 249 g/mol. The van der Waals surface area contributed by atoms with Crippen LogP contribution >= 0.6 is 0 Å². The molecule has 0 fully saturated rings. The van der Waals surface area contributed by atoms with Crippen molar-refractivity contribution in [2.24, 2.45) is 11.7 Å². The lowest BCUT2D eigenvalue weighted by Crippen LogP contribution is -2.33. The summed E-state index contributed by atoms with van der Waals surface area (Å²) in [5.41, 5.74) is 8.45. The first kappa shape index (κ1) is 14.7. The van der Waals surface area contributed by atoms with Gasteiger partial charge in [0, 0.05) is 0 Å². The van der Waals surface area contributed by atoms with Gasteiger partial charge >= 0.3 is 5.97 Å². The van der Waals surface area contributed by atoms with Crippen LogP contribution in [0.2, 0.25) is 0 Å². The molecule has 1 aromatic carbocycles. The minimum absolute atomic E-state index is 0.322. The molecule has 18 heavy (non-hydrogen) atoms. The maximum Gasteiger partial charge on any atom is 0.322 e. The fourth-order valence-corrected chi connectivity index (χ4v) is 2.09. The first-order valence-corrected chi connectivity index (χ1v) is 6.42. The summed E-state index contributed by atoms with van der Waals surface area (Å²) < 4.78 is 4.63. The van der Waals surface area contributed by atoms with Gasteiger partial charge in [0.2, 0.25) is 0 Å². The van der Waals surface area contributed by atoms with Crippen molar-refractivity contribution < 1.29 is 9.53 Å². The Morgan fingerprint density at radius 1 is 1.39 bits per heavy atom. The molecule has 0 bridgehead atoms. The van der Waals surface area contributed by atoms with Crippen LogP contribution in [0.1, 0.15) is 30.9 Å². The summed E-state index contributed by atoms with van der Waals surface area (Å²) in [5.74, 6) is 0.0939. The monoisotopic (exact) mass is 249 g/mol. The van der Waals surface area contributed by atoms with Crippen molar-refractivity contribution in [3.05, 3.63) is 35.4 Å². The van der Waals surface area contributed by atoms with Crippen molar-refractivity contribution in [3.63, 3.8) is 0 Å². The maximum atomic E-state index is 11.2. The number of benzene rings is 1. The Morgan fingerprint density at radius 2 is 2.06 bits per heavy atom. The van der Waals surface area contributed by atoms with E-state index < -0.39 is 6.04 Å². The van der Waals surface area contributed by atoms with Gasteiger partial charge in [-0.15, -0.1) is 0 Å². The summed E-state index contributed by atoms with van der Waals surface area (Å²) in [6, 6.07) is 7.90. The standard InChI is InChI=1S/C15H23NO2/c1-11(10-14(16)15(17)18-3)8-9-13-7-5-4-6-12(13)2/h4-7,11,14H,8-10,16H2,1-3H3. The minimum Gasteiger partial charge on any atom is -0.468 e. The lowest BCUT2D eigenvalue weighted by molar-refractivity contribution is -0.142. The molecule has 0 aromatic heterocycles. The number of hydrogen-bond donors (Lipinski definition) is 1. The fraction of sp³-hybridized carbons (Fsp3) is 0.533. The molecule has 3 heteroatoms. The van der Waals surface area contributed by atoms with Gasteiger partial charge in [-0.1, -0.05) is 31.2 Å². The van der Waals surface area contributed by atoms with Gasteiger partial charge in [0.25, 0.3) is 0 Å². The zero-order valence-electron chi connectivity index (χ0n) is 11.5. The van der Waals surface area contributed by atoms with Crippen LogP contribution < -0.4 is 5.73 Å². The van der Waals surface area contributed by atoms with Crippen molar-refractivity contribution in [1.82, 2.24) is 0 Å². The smallest absolute Gasteiger partial charge is 0.322 e. The van der Waals surface area contributed by atoms with Crippen LogP contribution in [0.3, 0.4) is 0 Å². The second-order valence-electron chi connectivity index (χ2n) is 4.94. The van der Waals surface area contributed by atoms with E-state index in [1.54, 1.807) is 0 Å². The summed E-state index contributed by atoms with van der Waals surface area (Å²) in [5, 5.41) is 0. The third kappa shape index (κ3) is 4.49. The SMILES string of the molecule is COC(=O)C(N)CC(C)CCc1ccccc1C. The van der Waals surface area contributed by atoms with E-state index in [0.717, 1.165) is 12.8 Å². The number of ether oxygens (including phenoxy) is 1. The Hall–Kier alpha value is -1.35. The van der Waals surface area contributed by atoms with Gasteiger partial charge in [-0.2, -0.15) is 0 Å². The Morgan fingerprint density at radius 3 is 2.67 bits per heavy atom. The quantitative estimate of drug-likeness (QED) is 0.788. The van der Waals surface area contributed by atoms with Crippen LogP contribution in [0.5, 0.6) is 0 Å². The molecule has 100 valence electrons. The molecule has 0 spiro atoms. The van der Waals surface area contributed by atoms with E-state index in [4.69, 9.17) is 5.73 Å². The number of hydrogen-bond acceptors (Lipinski definition) is 3. The van der Waals surface area contributed by atoms with Crippen molar-refractivity contribution in [2.45, 2.75) is 39.2 Å². The highest BCUT2D eigenvalue weighted by molar-refractivity contribution is 5.75. The van der Waals surface area contributed by atoms with Crippen molar-refractivity contribution >= 4 is 5.97 Å². The summed E-state index contributed by atoms with van der Waals surface area (Å²) in [4.78, 5) is 11.2. The van der Waals surface area contributed by atoms with Gasteiger partial charge in [-0.3, -0.25) is 4.79 Å². The molecular weight excluding hydrogens is 226 g/mol. The molecule has 0 heterocycles. The highest BCUT2D eigenvalue weighted by atomic mass is 16.5. The number of nitrogens with two attached hydrogens (primary N) is 1. The first-order chi connectivity index (χ1) is 8.54. The van der Waals surface area contributed by atoms with E-state index in [1.165, 1.54) is 18.2 Å². The number of rotatable bonds is 6. The highest BCUT2D eigenvalue weighted by Crippen LogP contribution is 2.16. The zero-order valence-corrected chi connectivity index (χ0v) is 11.5. The van der Waals surface area contributed by atoms with Crippen LogP contribution in [0.15, 0.2) is 24.3 Å². The first-order valence-electron chi connectivity index (χ1n) is 6.42. The third-order valence-electron chi connectivity index (χ3n) is 3.33. The van der Waals surface area contributed by atoms with Crippen LogP contribution in [-0.4, -0.2) is 19.1 Å². The largest absolute Gasteiger partial charge is 0.468 e. The fourth-order valence-electron chi connectivity index (χ4n) is 2.09. The van der Waals surface area contributed by atoms with Gasteiger partial charge in [0.1, 0.15) is 6.04 Å². The summed E-state index contributed by atoms with van der Waals surface area (Å²) >= 11 is 0.